The van der Waals surface area contributed by atoms with Crippen molar-refractivity contribution in [3.8, 4) is 0 Å². The highest BCUT2D eigenvalue weighted by molar-refractivity contribution is 5.22. The van der Waals surface area contributed by atoms with E-state index < -0.39 is 0 Å². The van der Waals surface area contributed by atoms with Crippen molar-refractivity contribution in [2.24, 2.45) is 0 Å². The second-order valence-electron chi connectivity index (χ2n) is 3.08. The van der Waals surface area contributed by atoms with Crippen LogP contribution in [0.5, 0.6) is 0 Å². The highest BCUT2D eigenvalue weighted by atomic mass is 14.9. The summed E-state index contributed by atoms with van der Waals surface area (Å²) in [5.41, 5.74) is 1.28. The molecule has 1 heteroatoms. The molecule has 1 N–H and O–H groups in total. The molecule has 1 aromatic carbocycles. The Hall–Kier alpha value is -1.08. The Kier molecular flexibility index (Phi) is 4.27. The summed E-state index contributed by atoms with van der Waals surface area (Å²) in [5.74, 6) is 0. The second kappa shape index (κ2) is 5.55. The van der Waals surface area contributed by atoms with E-state index in [1.807, 2.05) is 12.1 Å². The molecule has 1 rings (SSSR count). The zero-order valence-corrected chi connectivity index (χ0v) is 8.16. The molecule has 0 amide bonds. The van der Waals surface area contributed by atoms with Gasteiger partial charge in [0.15, 0.2) is 0 Å². The maximum atomic E-state index is 3.83. The van der Waals surface area contributed by atoms with Gasteiger partial charge in [-0.1, -0.05) is 43.3 Å². The van der Waals surface area contributed by atoms with Crippen LogP contribution in [0.25, 0.3) is 0 Å². The Morgan fingerprint density at radius 2 is 2.08 bits per heavy atom. The fourth-order valence-corrected chi connectivity index (χ4v) is 1.30. The van der Waals surface area contributed by atoms with Crippen LogP contribution < -0.4 is 5.32 Å². The van der Waals surface area contributed by atoms with Crippen LogP contribution in [0.2, 0.25) is 0 Å². The fraction of sp³-hybridized carbons (Fsp3) is 0.333. The largest absolute Gasteiger partial charge is 0.307 e. The molecule has 1 atom stereocenters. The van der Waals surface area contributed by atoms with Crippen molar-refractivity contribution in [1.29, 1.82) is 0 Å². The maximum absolute atomic E-state index is 3.83. The van der Waals surface area contributed by atoms with Crippen LogP contribution in [0, 0.1) is 0 Å². The molecule has 1 aromatic rings. The minimum atomic E-state index is 0.293. The average Bonchev–Trinajstić information content (AvgIpc) is 2.21. The summed E-state index contributed by atoms with van der Waals surface area (Å²) in [6.07, 6.45) is 3.10. The van der Waals surface area contributed by atoms with Gasteiger partial charge in [-0.05, 0) is 18.5 Å². The molecular weight excluding hydrogens is 158 g/mol. The quantitative estimate of drug-likeness (QED) is 0.678. The second-order valence-corrected chi connectivity index (χ2v) is 3.08. The summed E-state index contributed by atoms with van der Waals surface area (Å²) < 4.78 is 0. The van der Waals surface area contributed by atoms with E-state index in [9.17, 15) is 0 Å². The van der Waals surface area contributed by atoms with E-state index in [0.29, 0.717) is 6.04 Å². The summed E-state index contributed by atoms with van der Waals surface area (Å²) in [7, 11) is 0. The molecule has 70 valence electrons. The summed E-state index contributed by atoms with van der Waals surface area (Å²) >= 11 is 0. The van der Waals surface area contributed by atoms with Crippen LogP contribution in [-0.2, 0) is 0 Å². The summed E-state index contributed by atoms with van der Waals surface area (Å²) in [5, 5.41) is 3.42. The first-order chi connectivity index (χ1) is 6.38. The van der Waals surface area contributed by atoms with Crippen LogP contribution in [-0.4, -0.2) is 6.54 Å². The van der Waals surface area contributed by atoms with E-state index in [4.69, 9.17) is 0 Å². The predicted octanol–water partition coefficient (Wildman–Crippen LogP) is 2.91. The number of nitrogens with one attached hydrogen (secondary N) is 1. The molecule has 0 radical (unpaired) electrons. The lowest BCUT2D eigenvalue weighted by Crippen LogP contribution is -2.19. The molecule has 0 bridgehead atoms. The number of hydrogen-bond acceptors (Lipinski definition) is 1. The van der Waals surface area contributed by atoms with Gasteiger partial charge in [0, 0.05) is 0 Å². The van der Waals surface area contributed by atoms with Crippen molar-refractivity contribution in [3.63, 3.8) is 0 Å². The van der Waals surface area contributed by atoms with Crippen molar-refractivity contribution in [2.45, 2.75) is 19.4 Å². The van der Waals surface area contributed by atoms with Crippen LogP contribution in [0.1, 0.15) is 24.9 Å². The molecular formula is C12H17N. The van der Waals surface area contributed by atoms with Crippen LogP contribution >= 0.6 is 0 Å². The molecule has 0 heterocycles. The average molecular weight is 175 g/mol. The number of benzene rings is 1. The predicted molar refractivity (Wildman–Crippen MR) is 57.7 cm³/mol. The molecule has 0 spiro atoms. The van der Waals surface area contributed by atoms with Crippen molar-refractivity contribution in [3.05, 3.63) is 48.6 Å². The SMILES string of the molecule is C=CC(NCCC)c1ccccc1. The maximum Gasteiger partial charge on any atom is 0.0503 e. The summed E-state index contributed by atoms with van der Waals surface area (Å²) in [6.45, 7) is 7.03. The van der Waals surface area contributed by atoms with Crippen LogP contribution in [0.15, 0.2) is 43.0 Å². The third-order valence-electron chi connectivity index (χ3n) is 2.01. The van der Waals surface area contributed by atoms with Gasteiger partial charge in [0.2, 0.25) is 0 Å². The molecule has 0 aliphatic rings. The van der Waals surface area contributed by atoms with E-state index in [-0.39, 0.29) is 0 Å². The molecule has 0 aliphatic carbocycles. The van der Waals surface area contributed by atoms with Gasteiger partial charge in [0.1, 0.15) is 0 Å². The number of rotatable bonds is 5. The Bertz CT molecular complexity index is 241. The standard InChI is InChI=1S/C12H17N/c1-3-10-13-12(4-2)11-8-6-5-7-9-11/h4-9,12-13H,2-3,10H2,1H3. The molecule has 0 fully saturated rings. The first-order valence-corrected chi connectivity index (χ1v) is 4.79. The Morgan fingerprint density at radius 1 is 1.38 bits per heavy atom. The highest BCUT2D eigenvalue weighted by Gasteiger charge is 2.03. The van der Waals surface area contributed by atoms with Gasteiger partial charge < -0.3 is 5.32 Å². The van der Waals surface area contributed by atoms with Gasteiger partial charge in [-0.15, -0.1) is 6.58 Å². The zero-order valence-electron chi connectivity index (χ0n) is 8.16. The fourth-order valence-electron chi connectivity index (χ4n) is 1.30. The molecule has 1 unspecified atom stereocenters. The molecule has 13 heavy (non-hydrogen) atoms. The molecule has 1 nitrogen and oxygen atoms in total. The number of hydrogen-bond donors (Lipinski definition) is 1. The lowest BCUT2D eigenvalue weighted by molar-refractivity contribution is 0.613. The third kappa shape index (κ3) is 3.03. The highest BCUT2D eigenvalue weighted by Crippen LogP contribution is 2.12. The summed E-state index contributed by atoms with van der Waals surface area (Å²) in [4.78, 5) is 0. The van der Waals surface area contributed by atoms with E-state index >= 15 is 0 Å². The third-order valence-corrected chi connectivity index (χ3v) is 2.01. The van der Waals surface area contributed by atoms with Crippen LogP contribution in [0.4, 0.5) is 0 Å². The lowest BCUT2D eigenvalue weighted by atomic mass is 10.1. The van der Waals surface area contributed by atoms with Gasteiger partial charge in [-0.3, -0.25) is 0 Å². The van der Waals surface area contributed by atoms with Crippen LogP contribution in [0.3, 0.4) is 0 Å². The van der Waals surface area contributed by atoms with Crippen molar-refractivity contribution in [2.75, 3.05) is 6.54 Å². The van der Waals surface area contributed by atoms with Crippen molar-refractivity contribution < 1.29 is 0 Å². The molecule has 0 aliphatic heterocycles. The summed E-state index contributed by atoms with van der Waals surface area (Å²) in [6, 6.07) is 10.7. The topological polar surface area (TPSA) is 12.0 Å². The monoisotopic (exact) mass is 175 g/mol. The minimum absolute atomic E-state index is 0.293. The smallest absolute Gasteiger partial charge is 0.0503 e. The Balaban J connectivity index is 2.61. The van der Waals surface area contributed by atoms with Gasteiger partial charge in [0.05, 0.1) is 6.04 Å². The van der Waals surface area contributed by atoms with E-state index in [1.165, 1.54) is 5.56 Å². The van der Waals surface area contributed by atoms with Crippen molar-refractivity contribution >= 4 is 0 Å². The van der Waals surface area contributed by atoms with E-state index in [1.54, 1.807) is 0 Å². The Labute approximate surface area is 80.5 Å². The van der Waals surface area contributed by atoms with Crippen molar-refractivity contribution in [1.82, 2.24) is 5.32 Å². The molecule has 0 saturated heterocycles. The van der Waals surface area contributed by atoms with E-state index in [2.05, 4.69) is 43.1 Å². The lowest BCUT2D eigenvalue weighted by Gasteiger charge is -2.13. The Morgan fingerprint density at radius 3 is 2.62 bits per heavy atom. The first kappa shape index (κ1) is 10.0. The minimum Gasteiger partial charge on any atom is -0.307 e. The van der Waals surface area contributed by atoms with Gasteiger partial charge in [-0.2, -0.15) is 0 Å². The normalized spacial score (nSPS) is 12.4. The van der Waals surface area contributed by atoms with Gasteiger partial charge >= 0.3 is 0 Å². The van der Waals surface area contributed by atoms with Gasteiger partial charge in [-0.25, -0.2) is 0 Å². The molecule has 0 saturated carbocycles. The molecule has 0 aromatic heterocycles. The first-order valence-electron chi connectivity index (χ1n) is 4.79. The zero-order chi connectivity index (χ0) is 9.52. The van der Waals surface area contributed by atoms with Gasteiger partial charge in [0.25, 0.3) is 0 Å². The van der Waals surface area contributed by atoms with E-state index in [0.717, 1.165) is 13.0 Å².